The van der Waals surface area contributed by atoms with Crippen molar-refractivity contribution in [1.29, 1.82) is 0 Å². The maximum Gasteiger partial charge on any atom is 0.0598 e. The molecule has 0 amide bonds. The maximum atomic E-state index is 6.92. The Hall–Kier alpha value is -0.0800. The van der Waals surface area contributed by atoms with Gasteiger partial charge in [0.1, 0.15) is 0 Å². The fourth-order valence-electron chi connectivity index (χ4n) is 1.19. The van der Waals surface area contributed by atoms with Gasteiger partial charge in [-0.25, -0.2) is 0 Å². The van der Waals surface area contributed by atoms with Crippen LogP contribution in [-0.4, -0.2) is 25.7 Å². The predicted molar refractivity (Wildman–Crippen MR) is 37.5 cm³/mol. The molecule has 1 N–H and O–H groups in total. The summed E-state index contributed by atoms with van der Waals surface area (Å²) in [6, 6.07) is 0.367. The third kappa shape index (κ3) is 1.95. The number of rotatable bonds is 1. The zero-order chi connectivity index (χ0) is 9.19. The first-order valence-corrected chi connectivity index (χ1v) is 3.38. The highest BCUT2D eigenvalue weighted by atomic mass is 16.5. The largest absolute Gasteiger partial charge is 0.381 e. The SMILES string of the molecule is [2H]C([2H])([2H])O[C@@H]1CCN[C@H](C)C1. The van der Waals surface area contributed by atoms with Gasteiger partial charge in [0.25, 0.3) is 0 Å². The van der Waals surface area contributed by atoms with Gasteiger partial charge in [-0.05, 0) is 26.3 Å². The van der Waals surface area contributed by atoms with Gasteiger partial charge in [-0.1, -0.05) is 0 Å². The van der Waals surface area contributed by atoms with E-state index in [4.69, 9.17) is 8.85 Å². The minimum atomic E-state index is -2.23. The monoisotopic (exact) mass is 132 g/mol. The van der Waals surface area contributed by atoms with E-state index in [9.17, 15) is 0 Å². The highest BCUT2D eigenvalue weighted by Crippen LogP contribution is 2.10. The molecule has 0 aromatic carbocycles. The summed E-state index contributed by atoms with van der Waals surface area (Å²) in [6.45, 7) is 2.89. The van der Waals surface area contributed by atoms with Crippen LogP contribution in [0.4, 0.5) is 0 Å². The molecule has 1 fully saturated rings. The summed E-state index contributed by atoms with van der Waals surface area (Å²) in [5.41, 5.74) is 0. The first-order chi connectivity index (χ1) is 5.47. The van der Waals surface area contributed by atoms with E-state index in [1.807, 2.05) is 6.92 Å². The first kappa shape index (κ1) is 3.94. The Bertz CT molecular complexity index is 148. The molecule has 1 rings (SSSR count). The summed E-state index contributed by atoms with van der Waals surface area (Å²) in [7, 11) is -2.23. The molecule has 0 bridgehead atoms. The first-order valence-electron chi connectivity index (χ1n) is 4.88. The molecule has 1 heterocycles. The topological polar surface area (TPSA) is 21.3 Å². The van der Waals surface area contributed by atoms with E-state index < -0.39 is 7.04 Å². The predicted octanol–water partition coefficient (Wildman–Crippen LogP) is 0.773. The molecule has 0 unspecified atom stereocenters. The minimum absolute atomic E-state index is 0.103. The number of methoxy groups -OCH3 is 1. The van der Waals surface area contributed by atoms with Crippen LogP contribution in [0.2, 0.25) is 0 Å². The van der Waals surface area contributed by atoms with Crippen LogP contribution >= 0.6 is 0 Å². The molecule has 1 aliphatic rings. The zero-order valence-corrected chi connectivity index (χ0v) is 5.68. The number of nitrogens with one attached hydrogen (secondary N) is 1. The Morgan fingerprint density at radius 3 is 3.33 bits per heavy atom. The molecule has 1 saturated heterocycles. The molecule has 0 aliphatic carbocycles. The van der Waals surface area contributed by atoms with Crippen molar-refractivity contribution in [1.82, 2.24) is 5.32 Å². The second-order valence-corrected chi connectivity index (χ2v) is 2.62. The molecule has 1 aliphatic heterocycles. The number of hydrogen-bond donors (Lipinski definition) is 1. The normalized spacial score (nSPS) is 43.0. The molecule has 2 nitrogen and oxygen atoms in total. The fraction of sp³-hybridized carbons (Fsp3) is 1.00. The molecule has 2 heteroatoms. The average molecular weight is 132 g/mol. The van der Waals surface area contributed by atoms with Crippen LogP contribution < -0.4 is 5.32 Å². The summed E-state index contributed by atoms with van der Waals surface area (Å²) >= 11 is 0. The summed E-state index contributed by atoms with van der Waals surface area (Å²) in [5, 5.41) is 3.23. The molecule has 0 aromatic heterocycles. The quantitative estimate of drug-likeness (QED) is 0.569. The van der Waals surface area contributed by atoms with Crippen molar-refractivity contribution < 1.29 is 8.85 Å². The Balaban J connectivity index is 2.32. The van der Waals surface area contributed by atoms with Crippen molar-refractivity contribution in [3.63, 3.8) is 0 Å². The van der Waals surface area contributed by atoms with Gasteiger partial charge in [0, 0.05) is 13.1 Å². The van der Waals surface area contributed by atoms with Gasteiger partial charge in [-0.3, -0.25) is 0 Å². The molecule has 0 aromatic rings. The van der Waals surface area contributed by atoms with E-state index in [1.165, 1.54) is 0 Å². The van der Waals surface area contributed by atoms with Crippen LogP contribution in [0.15, 0.2) is 0 Å². The van der Waals surface area contributed by atoms with Crippen LogP contribution in [0.5, 0.6) is 0 Å². The average Bonchev–Trinajstić information content (AvgIpc) is 1.82. The van der Waals surface area contributed by atoms with Crippen molar-refractivity contribution in [2.24, 2.45) is 0 Å². The van der Waals surface area contributed by atoms with Gasteiger partial charge in [-0.15, -0.1) is 0 Å². The fourth-order valence-corrected chi connectivity index (χ4v) is 1.19. The second kappa shape index (κ2) is 3.18. The lowest BCUT2D eigenvalue weighted by Gasteiger charge is -2.26. The molecule has 0 radical (unpaired) electrons. The number of ether oxygens (including phenoxy) is 1. The summed E-state index contributed by atoms with van der Waals surface area (Å²) in [5.74, 6) is 0. The van der Waals surface area contributed by atoms with Crippen molar-refractivity contribution in [2.45, 2.75) is 31.9 Å². The molecule has 54 valence electrons. The van der Waals surface area contributed by atoms with Gasteiger partial charge < -0.3 is 10.1 Å². The van der Waals surface area contributed by atoms with Gasteiger partial charge in [-0.2, -0.15) is 0 Å². The maximum absolute atomic E-state index is 6.92. The van der Waals surface area contributed by atoms with Crippen molar-refractivity contribution >= 4 is 0 Å². The van der Waals surface area contributed by atoms with Crippen LogP contribution in [0.25, 0.3) is 0 Å². The smallest absolute Gasteiger partial charge is 0.0598 e. The van der Waals surface area contributed by atoms with Crippen LogP contribution in [0.3, 0.4) is 0 Å². The van der Waals surface area contributed by atoms with E-state index in [1.54, 1.807) is 0 Å². The lowest BCUT2D eigenvalue weighted by atomic mass is 10.0. The highest BCUT2D eigenvalue weighted by molar-refractivity contribution is 4.74. The summed E-state index contributed by atoms with van der Waals surface area (Å²) < 4.78 is 25.7. The lowest BCUT2D eigenvalue weighted by Crippen LogP contribution is -2.38. The molecular formula is C7H15NO. The Morgan fingerprint density at radius 1 is 1.78 bits per heavy atom. The van der Waals surface area contributed by atoms with Crippen LogP contribution in [0.1, 0.15) is 23.9 Å². The lowest BCUT2D eigenvalue weighted by molar-refractivity contribution is 0.0647. The molecule has 0 saturated carbocycles. The molecule has 0 spiro atoms. The molecular weight excluding hydrogens is 114 g/mol. The van der Waals surface area contributed by atoms with E-state index in [2.05, 4.69) is 5.32 Å². The van der Waals surface area contributed by atoms with Gasteiger partial charge in [0.05, 0.1) is 10.2 Å². The third-order valence-corrected chi connectivity index (χ3v) is 1.74. The highest BCUT2D eigenvalue weighted by Gasteiger charge is 2.16. The van der Waals surface area contributed by atoms with Crippen molar-refractivity contribution in [3.8, 4) is 0 Å². The van der Waals surface area contributed by atoms with E-state index in [0.717, 1.165) is 19.4 Å². The zero-order valence-electron chi connectivity index (χ0n) is 8.68. The number of piperidine rings is 1. The van der Waals surface area contributed by atoms with Gasteiger partial charge in [0.15, 0.2) is 0 Å². The molecule has 9 heavy (non-hydrogen) atoms. The summed E-state index contributed by atoms with van der Waals surface area (Å²) in [4.78, 5) is 0. The van der Waals surface area contributed by atoms with E-state index in [0.29, 0.717) is 6.04 Å². The Morgan fingerprint density at radius 2 is 2.67 bits per heavy atom. The third-order valence-electron chi connectivity index (χ3n) is 1.74. The molecule has 2 atom stereocenters. The van der Waals surface area contributed by atoms with Crippen molar-refractivity contribution in [2.75, 3.05) is 13.6 Å². The van der Waals surface area contributed by atoms with Crippen LogP contribution in [0, 0.1) is 0 Å². The Kier molecular flexibility index (Phi) is 1.39. The number of hydrogen-bond acceptors (Lipinski definition) is 2. The van der Waals surface area contributed by atoms with Gasteiger partial charge in [0.2, 0.25) is 0 Å². The Labute approximate surface area is 60.8 Å². The van der Waals surface area contributed by atoms with E-state index >= 15 is 0 Å². The standard InChI is InChI=1S/C7H15NO/c1-6-5-7(9-2)3-4-8-6/h6-8H,3-5H2,1-2H3/t6-,7-/m1/s1/i2D3. The van der Waals surface area contributed by atoms with Gasteiger partial charge >= 0.3 is 0 Å². The second-order valence-electron chi connectivity index (χ2n) is 2.62. The van der Waals surface area contributed by atoms with E-state index in [-0.39, 0.29) is 6.10 Å². The minimum Gasteiger partial charge on any atom is -0.381 e. The van der Waals surface area contributed by atoms with Crippen LogP contribution in [-0.2, 0) is 4.74 Å². The summed E-state index contributed by atoms with van der Waals surface area (Å²) in [6.07, 6.45) is 1.48. The van der Waals surface area contributed by atoms with Crippen molar-refractivity contribution in [3.05, 3.63) is 0 Å².